The van der Waals surface area contributed by atoms with Crippen molar-refractivity contribution < 1.29 is 29.1 Å². The molecule has 1 spiro atoms. The van der Waals surface area contributed by atoms with Crippen molar-refractivity contribution in [1.29, 1.82) is 0 Å². The summed E-state index contributed by atoms with van der Waals surface area (Å²) in [6.45, 7) is 0. The van der Waals surface area contributed by atoms with Crippen molar-refractivity contribution in [1.82, 2.24) is 0 Å². The summed E-state index contributed by atoms with van der Waals surface area (Å²) in [5.41, 5.74) is 9.94. The molecule has 3 heteroatoms. The summed E-state index contributed by atoms with van der Waals surface area (Å²) in [5, 5.41) is 3.44. The third-order valence-corrected chi connectivity index (χ3v) is 7.05. The number of rotatable bonds is 1. The molecular formula is C24H16AtNO. The maximum absolute atomic E-state index is 6.35. The van der Waals surface area contributed by atoms with E-state index in [1.807, 2.05) is 7.05 Å². The minimum atomic E-state index is -0.315. The molecular weight excluding hydrogens is 528 g/mol. The van der Waals surface area contributed by atoms with Gasteiger partial charge in [0.15, 0.2) is 0 Å². The van der Waals surface area contributed by atoms with Gasteiger partial charge >= 0.3 is 174 Å². The topological polar surface area (TPSA) is 25.2 Å². The van der Waals surface area contributed by atoms with Crippen molar-refractivity contribution >= 4 is 9.16 Å². The van der Waals surface area contributed by atoms with Gasteiger partial charge in [0.2, 0.25) is 0 Å². The van der Waals surface area contributed by atoms with Crippen LogP contribution in [0.5, 0.6) is 0 Å². The Morgan fingerprint density at radius 1 is 0.741 bits per heavy atom. The first-order valence-corrected chi connectivity index (χ1v) is 10.5. The second-order valence-electron chi connectivity index (χ2n) is 7.09. The number of hydrogen-bond acceptors (Lipinski definition) is 2. The van der Waals surface area contributed by atoms with E-state index < -0.39 is 0 Å². The molecule has 0 radical (unpaired) electrons. The van der Waals surface area contributed by atoms with Crippen LogP contribution in [0.1, 0.15) is 22.3 Å². The van der Waals surface area contributed by atoms with Crippen LogP contribution >= 0.6 is 0 Å². The molecule has 6 rings (SSSR count). The first kappa shape index (κ1) is 15.7. The Labute approximate surface area is 173 Å². The summed E-state index contributed by atoms with van der Waals surface area (Å²) >= 11 is 1.58. The van der Waals surface area contributed by atoms with Crippen LogP contribution in [0.4, 0.5) is 5.69 Å². The zero-order chi connectivity index (χ0) is 18.2. The SMILES string of the molecule is CNc1c([At])oc2c1C1(c3ccccc3-c3ccccc31)c1ccccc1-2. The van der Waals surface area contributed by atoms with Crippen molar-refractivity contribution in [3.8, 4) is 22.5 Å². The standard InChI is InChI=1S/C24H16AtNO/c1-26-21-20-22(27-23(21)25)16-10-4-7-13-19(16)24(20)17-11-5-2-8-14(17)15-9-3-6-12-18(15)24/h2-13,26H,1H3. The van der Waals surface area contributed by atoms with Gasteiger partial charge in [-0.25, -0.2) is 0 Å². The van der Waals surface area contributed by atoms with Gasteiger partial charge < -0.3 is 0 Å². The molecule has 0 fully saturated rings. The molecule has 0 saturated carbocycles. The van der Waals surface area contributed by atoms with Gasteiger partial charge in [0.05, 0.1) is 0 Å². The van der Waals surface area contributed by atoms with Crippen molar-refractivity contribution in [2.75, 3.05) is 12.4 Å². The van der Waals surface area contributed by atoms with Gasteiger partial charge in [0.1, 0.15) is 0 Å². The molecule has 1 heterocycles. The summed E-state index contributed by atoms with van der Waals surface area (Å²) in [5.74, 6) is 1.01. The summed E-state index contributed by atoms with van der Waals surface area (Å²) in [6, 6.07) is 26.4. The van der Waals surface area contributed by atoms with E-state index in [-0.39, 0.29) is 5.41 Å². The van der Waals surface area contributed by atoms with E-state index in [9.17, 15) is 0 Å². The van der Waals surface area contributed by atoms with Crippen molar-refractivity contribution in [3.63, 3.8) is 0 Å². The third-order valence-electron chi connectivity index (χ3n) is 6.02. The molecule has 2 nitrogen and oxygen atoms in total. The molecule has 3 aromatic carbocycles. The summed E-state index contributed by atoms with van der Waals surface area (Å²) in [4.78, 5) is 0. The van der Waals surface area contributed by atoms with Crippen LogP contribution in [-0.4, -0.2) is 7.05 Å². The Kier molecular flexibility index (Phi) is 3.09. The Balaban J connectivity index is 1.89. The summed E-state index contributed by atoms with van der Waals surface area (Å²) in [7, 11) is 2.00. The fraction of sp³-hybridized carbons (Fsp3) is 0.0833. The second kappa shape index (κ2) is 5.33. The monoisotopic (exact) mass is 544 g/mol. The van der Waals surface area contributed by atoms with Crippen molar-refractivity contribution in [3.05, 3.63) is 95.1 Å². The predicted molar refractivity (Wildman–Crippen MR) is 104 cm³/mol. The van der Waals surface area contributed by atoms with E-state index in [0.29, 0.717) is 0 Å². The normalized spacial score (nSPS) is 14.6. The van der Waals surface area contributed by atoms with Gasteiger partial charge in [-0.1, -0.05) is 0 Å². The van der Waals surface area contributed by atoms with Gasteiger partial charge in [-0.2, -0.15) is 0 Å². The fourth-order valence-corrected chi connectivity index (χ4v) is 6.15. The quantitative estimate of drug-likeness (QED) is 0.321. The molecule has 1 N–H and O–H groups in total. The number of hydrogen-bond donors (Lipinski definition) is 1. The van der Waals surface area contributed by atoms with Gasteiger partial charge in [0, 0.05) is 0 Å². The van der Waals surface area contributed by atoms with Gasteiger partial charge in [-0.3, -0.25) is 0 Å². The van der Waals surface area contributed by atoms with Crippen molar-refractivity contribution in [2.24, 2.45) is 0 Å². The molecule has 2 aliphatic carbocycles. The summed E-state index contributed by atoms with van der Waals surface area (Å²) < 4.78 is 7.35. The van der Waals surface area contributed by atoms with Crippen LogP contribution in [0.25, 0.3) is 22.5 Å². The van der Waals surface area contributed by atoms with Gasteiger partial charge in [0.25, 0.3) is 0 Å². The van der Waals surface area contributed by atoms with E-state index in [0.717, 1.165) is 14.9 Å². The zero-order valence-electron chi connectivity index (χ0n) is 14.7. The fourth-order valence-electron chi connectivity index (χ4n) is 5.11. The Bertz CT molecular complexity index is 1190. The van der Waals surface area contributed by atoms with Crippen LogP contribution in [0.2, 0.25) is 0 Å². The maximum atomic E-state index is 6.35. The summed E-state index contributed by atoms with van der Waals surface area (Å²) in [6.07, 6.45) is 0. The molecule has 0 amide bonds. The van der Waals surface area contributed by atoms with Crippen LogP contribution in [0, 0.1) is 24.7 Å². The minimum absolute atomic E-state index is 0.315. The van der Waals surface area contributed by atoms with E-state index in [1.165, 1.54) is 38.9 Å². The molecule has 0 unspecified atom stereocenters. The van der Waals surface area contributed by atoms with Crippen LogP contribution in [0.15, 0.2) is 77.2 Å². The number of anilines is 1. The number of furan rings is 1. The Morgan fingerprint density at radius 3 is 1.78 bits per heavy atom. The van der Waals surface area contributed by atoms with E-state index in [4.69, 9.17) is 4.42 Å². The first-order chi connectivity index (χ1) is 13.3. The molecule has 4 aromatic rings. The number of nitrogens with one attached hydrogen (secondary N) is 1. The molecule has 0 bridgehead atoms. The number of fused-ring (bicyclic) bond motifs is 10. The Morgan fingerprint density at radius 2 is 1.22 bits per heavy atom. The molecule has 0 saturated heterocycles. The van der Waals surface area contributed by atoms with Crippen LogP contribution in [0.3, 0.4) is 0 Å². The molecule has 0 aliphatic heterocycles. The van der Waals surface area contributed by atoms with Gasteiger partial charge in [-0.15, -0.1) is 0 Å². The number of benzene rings is 3. The molecule has 0 atom stereocenters. The van der Waals surface area contributed by atoms with Crippen LogP contribution in [-0.2, 0) is 5.41 Å². The van der Waals surface area contributed by atoms with E-state index in [2.05, 4.69) is 78.1 Å². The molecule has 1 aromatic heterocycles. The second-order valence-corrected chi connectivity index (χ2v) is 8.43. The third kappa shape index (κ3) is 1.70. The molecule has 2 aliphatic rings. The first-order valence-electron chi connectivity index (χ1n) is 9.08. The average Bonchev–Trinajstić information content (AvgIpc) is 3.30. The predicted octanol–water partition coefficient (Wildman–Crippen LogP) is 4.84. The zero-order valence-corrected chi connectivity index (χ0v) is 17.7. The van der Waals surface area contributed by atoms with E-state index in [1.54, 1.807) is 24.7 Å². The van der Waals surface area contributed by atoms with Crippen LogP contribution < -0.4 is 8.78 Å². The average molecular weight is 544 g/mol. The molecule has 27 heavy (non-hydrogen) atoms. The van der Waals surface area contributed by atoms with Gasteiger partial charge in [-0.05, 0) is 0 Å². The van der Waals surface area contributed by atoms with E-state index >= 15 is 0 Å². The van der Waals surface area contributed by atoms with Crippen molar-refractivity contribution in [2.45, 2.75) is 5.41 Å². The Hall–Kier alpha value is -2.38. The molecule has 130 valence electrons.